The Kier molecular flexibility index (Phi) is 3.86. The van der Waals surface area contributed by atoms with Gasteiger partial charge >= 0.3 is 0 Å². The van der Waals surface area contributed by atoms with Crippen LogP contribution in [0.3, 0.4) is 0 Å². The maximum atomic E-state index is 6.20. The summed E-state index contributed by atoms with van der Waals surface area (Å²) in [5.41, 5.74) is 3.79. The van der Waals surface area contributed by atoms with E-state index in [9.17, 15) is 0 Å². The van der Waals surface area contributed by atoms with Gasteiger partial charge in [0.15, 0.2) is 0 Å². The van der Waals surface area contributed by atoms with Crippen molar-refractivity contribution in [3.8, 4) is 34.1 Å². The highest BCUT2D eigenvalue weighted by Crippen LogP contribution is 2.41. The van der Waals surface area contributed by atoms with E-state index >= 15 is 0 Å². The summed E-state index contributed by atoms with van der Waals surface area (Å²) >= 11 is 0. The molecule has 0 spiro atoms. The van der Waals surface area contributed by atoms with Crippen molar-refractivity contribution >= 4 is 11.0 Å². The van der Waals surface area contributed by atoms with E-state index in [1.54, 1.807) is 20.4 Å². The number of ether oxygens (including phenoxy) is 2. The van der Waals surface area contributed by atoms with E-state index in [2.05, 4.69) is 4.98 Å². The maximum Gasteiger partial charge on any atom is 0.212 e. The topological polar surface area (TPSA) is 44.5 Å². The molecule has 4 aromatic rings. The molecule has 25 heavy (non-hydrogen) atoms. The van der Waals surface area contributed by atoms with E-state index in [1.165, 1.54) is 0 Å². The van der Waals surface area contributed by atoms with Crippen LogP contribution in [-0.2, 0) is 0 Å². The predicted molar refractivity (Wildman–Crippen MR) is 98.0 cm³/mol. The third-order valence-electron chi connectivity index (χ3n) is 4.17. The molecular weight excluding hydrogens is 314 g/mol. The molecular formula is C21H17NO3. The van der Waals surface area contributed by atoms with Gasteiger partial charge in [-0.1, -0.05) is 30.3 Å². The van der Waals surface area contributed by atoms with Crippen molar-refractivity contribution < 1.29 is 13.9 Å². The lowest BCUT2D eigenvalue weighted by Crippen LogP contribution is -1.88. The molecule has 0 unspecified atom stereocenters. The summed E-state index contributed by atoms with van der Waals surface area (Å²) in [6.45, 7) is 0. The molecule has 2 heterocycles. The van der Waals surface area contributed by atoms with Crippen LogP contribution >= 0.6 is 0 Å². The van der Waals surface area contributed by atoms with E-state index in [0.717, 1.165) is 39.2 Å². The molecule has 0 saturated carbocycles. The minimum absolute atomic E-state index is 0.583. The Morgan fingerprint density at radius 1 is 0.840 bits per heavy atom. The van der Waals surface area contributed by atoms with Crippen LogP contribution in [0.25, 0.3) is 33.4 Å². The first-order valence-corrected chi connectivity index (χ1v) is 7.96. The zero-order valence-corrected chi connectivity index (χ0v) is 14.0. The Balaban J connectivity index is 1.98. The maximum absolute atomic E-state index is 6.20. The van der Waals surface area contributed by atoms with Crippen molar-refractivity contribution in [2.45, 2.75) is 0 Å². The van der Waals surface area contributed by atoms with Crippen molar-refractivity contribution in [2.24, 2.45) is 0 Å². The van der Waals surface area contributed by atoms with E-state index in [4.69, 9.17) is 13.9 Å². The third-order valence-corrected chi connectivity index (χ3v) is 4.17. The molecule has 0 radical (unpaired) electrons. The Hall–Kier alpha value is -3.27. The second-order valence-corrected chi connectivity index (χ2v) is 5.62. The van der Waals surface area contributed by atoms with Crippen LogP contribution in [-0.4, -0.2) is 19.2 Å². The van der Waals surface area contributed by atoms with Gasteiger partial charge < -0.3 is 13.9 Å². The number of methoxy groups -OCH3 is 2. The summed E-state index contributed by atoms with van der Waals surface area (Å²) in [7, 11) is 3.26. The summed E-state index contributed by atoms with van der Waals surface area (Å²) in [6.07, 6.45) is 1.81. The first kappa shape index (κ1) is 15.3. The fourth-order valence-corrected chi connectivity index (χ4v) is 2.93. The monoisotopic (exact) mass is 331 g/mol. The van der Waals surface area contributed by atoms with E-state index in [-0.39, 0.29) is 0 Å². The lowest BCUT2D eigenvalue weighted by Gasteiger charge is -2.05. The van der Waals surface area contributed by atoms with Crippen LogP contribution in [0.15, 0.2) is 71.3 Å². The number of hydrogen-bond acceptors (Lipinski definition) is 4. The van der Waals surface area contributed by atoms with Crippen LogP contribution in [0.1, 0.15) is 0 Å². The fraction of sp³-hybridized carbons (Fsp3) is 0.0952. The molecule has 124 valence electrons. The summed E-state index contributed by atoms with van der Waals surface area (Å²) in [5.74, 6) is 2.16. The highest BCUT2D eigenvalue weighted by Gasteiger charge is 2.18. The Bertz CT molecular complexity index is 1000. The summed E-state index contributed by atoms with van der Waals surface area (Å²) < 4.78 is 16.7. The number of rotatable bonds is 4. The largest absolute Gasteiger partial charge is 0.497 e. The second kappa shape index (κ2) is 6.32. The molecule has 0 amide bonds. The minimum Gasteiger partial charge on any atom is -0.497 e. The number of aromatic nitrogens is 1. The van der Waals surface area contributed by atoms with Gasteiger partial charge in [-0.05, 0) is 18.2 Å². The van der Waals surface area contributed by atoms with E-state index < -0.39 is 0 Å². The number of benzene rings is 2. The van der Waals surface area contributed by atoms with Crippen molar-refractivity contribution in [3.05, 3.63) is 66.9 Å². The number of hydrogen-bond donors (Lipinski definition) is 0. The Morgan fingerprint density at radius 2 is 1.68 bits per heavy atom. The fourth-order valence-electron chi connectivity index (χ4n) is 2.93. The molecule has 2 aromatic heterocycles. The number of fused-ring (bicyclic) bond motifs is 1. The number of nitrogens with zero attached hydrogens (tertiary/aromatic N) is 1. The van der Waals surface area contributed by atoms with E-state index in [1.807, 2.05) is 60.7 Å². The van der Waals surface area contributed by atoms with Crippen molar-refractivity contribution in [3.63, 3.8) is 0 Å². The molecule has 0 fully saturated rings. The molecule has 0 saturated heterocycles. The zero-order chi connectivity index (χ0) is 17.2. The molecule has 0 aliphatic rings. The standard InChI is InChI=1S/C21H17NO3/c1-23-16-9-10-17-18(12-16)25-21(14-6-4-3-5-7-14)20(17)15-8-11-19(24-2)22-13-15/h3-13H,1-2H3. The van der Waals surface area contributed by atoms with Gasteiger partial charge in [0.1, 0.15) is 17.1 Å². The van der Waals surface area contributed by atoms with Crippen molar-refractivity contribution in [1.82, 2.24) is 4.98 Å². The molecule has 0 atom stereocenters. The molecule has 0 bridgehead atoms. The van der Waals surface area contributed by atoms with Crippen LogP contribution in [0.2, 0.25) is 0 Å². The summed E-state index contributed by atoms with van der Waals surface area (Å²) in [6, 6.07) is 19.8. The normalized spacial score (nSPS) is 10.8. The van der Waals surface area contributed by atoms with Gasteiger partial charge in [0.05, 0.1) is 14.2 Å². The molecule has 4 nitrogen and oxygen atoms in total. The third kappa shape index (κ3) is 2.72. The lowest BCUT2D eigenvalue weighted by molar-refractivity contribution is 0.398. The number of furan rings is 1. The highest BCUT2D eigenvalue weighted by atomic mass is 16.5. The zero-order valence-electron chi connectivity index (χ0n) is 14.0. The molecule has 2 aromatic carbocycles. The molecule has 0 aliphatic carbocycles. The van der Waals surface area contributed by atoms with Gasteiger partial charge in [0.25, 0.3) is 0 Å². The van der Waals surface area contributed by atoms with Gasteiger partial charge in [-0.3, -0.25) is 0 Å². The van der Waals surface area contributed by atoms with Crippen molar-refractivity contribution in [2.75, 3.05) is 14.2 Å². The van der Waals surface area contributed by atoms with Crippen LogP contribution in [0, 0.1) is 0 Å². The van der Waals surface area contributed by atoms with Crippen molar-refractivity contribution in [1.29, 1.82) is 0 Å². The molecule has 0 aliphatic heterocycles. The second-order valence-electron chi connectivity index (χ2n) is 5.62. The average molecular weight is 331 g/mol. The van der Waals surface area contributed by atoms with Gasteiger partial charge in [0, 0.05) is 40.4 Å². The molecule has 4 rings (SSSR count). The SMILES string of the molecule is COc1ccc2c(-c3ccc(OC)nc3)c(-c3ccccc3)oc2c1. The molecule has 4 heteroatoms. The quantitative estimate of drug-likeness (QED) is 0.517. The van der Waals surface area contributed by atoms with Gasteiger partial charge in [-0.15, -0.1) is 0 Å². The van der Waals surface area contributed by atoms with Gasteiger partial charge in [-0.25, -0.2) is 4.98 Å². The minimum atomic E-state index is 0.583. The lowest BCUT2D eigenvalue weighted by atomic mass is 10.00. The Morgan fingerprint density at radius 3 is 2.36 bits per heavy atom. The summed E-state index contributed by atoms with van der Waals surface area (Å²) in [4.78, 5) is 4.34. The predicted octanol–water partition coefficient (Wildman–Crippen LogP) is 5.18. The van der Waals surface area contributed by atoms with E-state index in [0.29, 0.717) is 5.88 Å². The van der Waals surface area contributed by atoms with Crippen LogP contribution in [0.5, 0.6) is 11.6 Å². The first-order valence-electron chi connectivity index (χ1n) is 7.96. The van der Waals surface area contributed by atoms with Gasteiger partial charge in [0.2, 0.25) is 5.88 Å². The summed E-state index contributed by atoms with van der Waals surface area (Å²) in [5, 5.41) is 1.02. The molecule has 0 N–H and O–H groups in total. The van der Waals surface area contributed by atoms with Gasteiger partial charge in [-0.2, -0.15) is 0 Å². The first-order chi connectivity index (χ1) is 12.3. The Labute approximate surface area is 145 Å². The number of pyridine rings is 1. The highest BCUT2D eigenvalue weighted by molar-refractivity contribution is 6.02. The average Bonchev–Trinajstić information content (AvgIpc) is 3.07. The van der Waals surface area contributed by atoms with Crippen LogP contribution < -0.4 is 9.47 Å². The van der Waals surface area contributed by atoms with Crippen LogP contribution in [0.4, 0.5) is 0 Å². The smallest absolute Gasteiger partial charge is 0.212 e.